The van der Waals surface area contributed by atoms with Crippen molar-refractivity contribution < 1.29 is 23.1 Å². The fraction of sp³-hybridized carbons (Fsp3) is 0.562. The van der Waals surface area contributed by atoms with E-state index in [0.717, 1.165) is 12.5 Å². The summed E-state index contributed by atoms with van der Waals surface area (Å²) >= 11 is 0. The molecule has 0 bridgehead atoms. The zero-order chi connectivity index (χ0) is 17.4. The summed E-state index contributed by atoms with van der Waals surface area (Å²) in [6, 6.07) is 2.85. The monoisotopic (exact) mass is 330 g/mol. The lowest BCUT2D eigenvalue weighted by Crippen LogP contribution is -2.49. The third-order valence-electron chi connectivity index (χ3n) is 4.21. The number of hydrogen-bond acceptors (Lipinski definition) is 2. The van der Waals surface area contributed by atoms with E-state index in [-0.39, 0.29) is 17.3 Å². The minimum atomic E-state index is -4.46. The van der Waals surface area contributed by atoms with E-state index in [1.165, 1.54) is 24.0 Å². The van der Waals surface area contributed by atoms with Crippen molar-refractivity contribution in [3.63, 3.8) is 0 Å². The summed E-state index contributed by atoms with van der Waals surface area (Å²) in [6.45, 7) is 5.05. The lowest BCUT2D eigenvalue weighted by molar-refractivity contribution is -0.138. The van der Waals surface area contributed by atoms with E-state index < -0.39 is 23.4 Å². The zero-order valence-corrected chi connectivity index (χ0v) is 13.4. The van der Waals surface area contributed by atoms with Gasteiger partial charge in [-0.25, -0.2) is 4.79 Å². The smallest absolute Gasteiger partial charge is 0.388 e. The van der Waals surface area contributed by atoms with Crippen LogP contribution in [0.4, 0.5) is 23.7 Å². The predicted octanol–water partition coefficient (Wildman–Crippen LogP) is 3.78. The van der Waals surface area contributed by atoms with Crippen molar-refractivity contribution in [3.8, 4) is 0 Å². The summed E-state index contributed by atoms with van der Waals surface area (Å²) in [5.74, 6) is 0. The number of urea groups is 1. The second-order valence-electron chi connectivity index (χ2n) is 6.41. The van der Waals surface area contributed by atoms with E-state index in [1.54, 1.807) is 13.8 Å². The molecular formula is C16H21F3N2O2. The number of alkyl halides is 3. The van der Waals surface area contributed by atoms with Crippen molar-refractivity contribution in [1.29, 1.82) is 0 Å². The molecule has 1 aromatic rings. The number of nitrogens with one attached hydrogen (secondary N) is 1. The van der Waals surface area contributed by atoms with Gasteiger partial charge in [-0.3, -0.25) is 0 Å². The molecule has 1 atom stereocenters. The van der Waals surface area contributed by atoms with Crippen LogP contribution in [0.3, 0.4) is 0 Å². The number of carbonyl (C=O) groups is 1. The first-order chi connectivity index (χ1) is 10.5. The highest BCUT2D eigenvalue weighted by Crippen LogP contribution is 2.35. The molecule has 7 heteroatoms. The van der Waals surface area contributed by atoms with Crippen molar-refractivity contribution in [2.75, 3.05) is 11.9 Å². The number of halogens is 3. The van der Waals surface area contributed by atoms with Gasteiger partial charge in [0, 0.05) is 12.2 Å². The SMILES string of the molecule is Cc1c(NC(=O)N2CCCC2C(C)(C)O)cccc1C(F)(F)F. The Kier molecular flexibility index (Phi) is 4.61. The summed E-state index contributed by atoms with van der Waals surface area (Å²) < 4.78 is 38.8. The summed E-state index contributed by atoms with van der Waals surface area (Å²) in [5, 5.41) is 12.7. The number of carbonyl (C=O) groups excluding carboxylic acids is 1. The first-order valence-electron chi connectivity index (χ1n) is 7.48. The van der Waals surface area contributed by atoms with Gasteiger partial charge >= 0.3 is 12.2 Å². The van der Waals surface area contributed by atoms with Crippen LogP contribution in [0, 0.1) is 6.92 Å². The van der Waals surface area contributed by atoms with Crippen molar-refractivity contribution in [3.05, 3.63) is 29.3 Å². The standard InChI is InChI=1S/C16H21F3N2O2/c1-10-11(16(17,18)19)6-4-7-12(10)20-14(22)21-9-5-8-13(21)15(2,3)23/h4,6-7,13,23H,5,8-9H2,1-3H3,(H,20,22). The Morgan fingerprint density at radius 1 is 1.35 bits per heavy atom. The Balaban J connectivity index is 2.21. The number of anilines is 1. The van der Waals surface area contributed by atoms with Crippen molar-refractivity contribution >= 4 is 11.7 Å². The quantitative estimate of drug-likeness (QED) is 0.867. The molecule has 1 aromatic carbocycles. The molecule has 0 spiro atoms. The number of aliphatic hydroxyl groups is 1. The van der Waals surface area contributed by atoms with Gasteiger partial charge < -0.3 is 15.3 Å². The molecule has 0 radical (unpaired) electrons. The van der Waals surface area contributed by atoms with Gasteiger partial charge in [-0.15, -0.1) is 0 Å². The molecule has 2 amide bonds. The van der Waals surface area contributed by atoms with Crippen LogP contribution >= 0.6 is 0 Å². The molecule has 0 aliphatic carbocycles. The number of benzene rings is 1. The fourth-order valence-electron chi connectivity index (χ4n) is 3.01. The van der Waals surface area contributed by atoms with Crippen LogP contribution in [0.2, 0.25) is 0 Å². The van der Waals surface area contributed by atoms with Crippen molar-refractivity contribution in [2.24, 2.45) is 0 Å². The van der Waals surface area contributed by atoms with Crippen LogP contribution in [0.25, 0.3) is 0 Å². The van der Waals surface area contributed by atoms with Crippen LogP contribution in [0.5, 0.6) is 0 Å². The van der Waals surface area contributed by atoms with E-state index in [1.807, 2.05) is 0 Å². The van der Waals surface area contributed by atoms with Gasteiger partial charge in [-0.05, 0) is 51.3 Å². The van der Waals surface area contributed by atoms with Crippen LogP contribution in [0.15, 0.2) is 18.2 Å². The number of likely N-dealkylation sites (tertiary alicyclic amines) is 1. The predicted molar refractivity (Wildman–Crippen MR) is 81.2 cm³/mol. The summed E-state index contributed by atoms with van der Waals surface area (Å²) in [7, 11) is 0. The molecule has 0 aromatic heterocycles. The molecule has 1 aliphatic rings. The number of rotatable bonds is 2. The van der Waals surface area contributed by atoms with Crippen LogP contribution in [0.1, 0.15) is 37.8 Å². The molecular weight excluding hydrogens is 309 g/mol. The van der Waals surface area contributed by atoms with E-state index in [4.69, 9.17) is 0 Å². The summed E-state index contributed by atoms with van der Waals surface area (Å²) in [6.07, 6.45) is -3.05. The molecule has 23 heavy (non-hydrogen) atoms. The molecule has 128 valence electrons. The molecule has 2 rings (SSSR count). The van der Waals surface area contributed by atoms with Gasteiger partial charge in [0.05, 0.1) is 17.2 Å². The molecule has 4 nitrogen and oxygen atoms in total. The molecule has 1 fully saturated rings. The maximum atomic E-state index is 12.9. The van der Waals surface area contributed by atoms with Gasteiger partial charge in [0.1, 0.15) is 0 Å². The van der Waals surface area contributed by atoms with Gasteiger partial charge in [0.2, 0.25) is 0 Å². The van der Waals surface area contributed by atoms with Gasteiger partial charge in [0.25, 0.3) is 0 Å². The highest BCUT2D eigenvalue weighted by atomic mass is 19.4. The fourth-order valence-corrected chi connectivity index (χ4v) is 3.01. The normalized spacial score (nSPS) is 19.1. The van der Waals surface area contributed by atoms with Crippen molar-refractivity contribution in [1.82, 2.24) is 4.90 Å². The lowest BCUT2D eigenvalue weighted by atomic mass is 9.97. The van der Waals surface area contributed by atoms with Crippen LogP contribution < -0.4 is 5.32 Å². The average Bonchev–Trinajstić information content (AvgIpc) is 2.89. The van der Waals surface area contributed by atoms with Gasteiger partial charge in [-0.1, -0.05) is 6.07 Å². The van der Waals surface area contributed by atoms with Crippen molar-refractivity contribution in [2.45, 2.75) is 51.4 Å². The Morgan fingerprint density at radius 3 is 2.57 bits per heavy atom. The maximum Gasteiger partial charge on any atom is 0.416 e. The molecule has 2 N–H and O–H groups in total. The Morgan fingerprint density at radius 2 is 2.00 bits per heavy atom. The number of amides is 2. The van der Waals surface area contributed by atoms with E-state index in [0.29, 0.717) is 13.0 Å². The maximum absolute atomic E-state index is 12.9. The highest BCUT2D eigenvalue weighted by molar-refractivity contribution is 5.90. The van der Waals surface area contributed by atoms with Gasteiger partial charge in [-0.2, -0.15) is 13.2 Å². The number of hydrogen-bond donors (Lipinski definition) is 2. The highest BCUT2D eigenvalue weighted by Gasteiger charge is 2.39. The molecule has 1 saturated heterocycles. The molecule has 1 heterocycles. The third kappa shape index (κ3) is 3.77. The molecule has 0 saturated carbocycles. The average molecular weight is 330 g/mol. The summed E-state index contributed by atoms with van der Waals surface area (Å²) in [4.78, 5) is 13.9. The Labute approximate surface area is 133 Å². The number of nitrogens with zero attached hydrogens (tertiary/aromatic N) is 1. The second kappa shape index (κ2) is 6.03. The molecule has 1 aliphatic heterocycles. The van der Waals surface area contributed by atoms with Gasteiger partial charge in [0.15, 0.2) is 0 Å². The lowest BCUT2D eigenvalue weighted by Gasteiger charge is -2.34. The zero-order valence-electron chi connectivity index (χ0n) is 13.4. The minimum absolute atomic E-state index is 0.0210. The topological polar surface area (TPSA) is 52.6 Å². The summed E-state index contributed by atoms with van der Waals surface area (Å²) in [5.41, 5.74) is -1.72. The first kappa shape index (κ1) is 17.6. The molecule has 1 unspecified atom stereocenters. The minimum Gasteiger partial charge on any atom is -0.388 e. The van der Waals surface area contributed by atoms with Crippen LogP contribution in [-0.2, 0) is 6.18 Å². The third-order valence-corrected chi connectivity index (χ3v) is 4.21. The van der Waals surface area contributed by atoms with E-state index in [9.17, 15) is 23.1 Å². The first-order valence-corrected chi connectivity index (χ1v) is 7.48. The largest absolute Gasteiger partial charge is 0.416 e. The van der Waals surface area contributed by atoms with Crippen LogP contribution in [-0.4, -0.2) is 34.2 Å². The van der Waals surface area contributed by atoms with E-state index >= 15 is 0 Å². The Bertz CT molecular complexity index is 594. The second-order valence-corrected chi connectivity index (χ2v) is 6.41. The Hall–Kier alpha value is -1.76. The van der Waals surface area contributed by atoms with E-state index in [2.05, 4.69) is 5.32 Å².